The van der Waals surface area contributed by atoms with Gasteiger partial charge in [-0.2, -0.15) is 0 Å². The van der Waals surface area contributed by atoms with Gasteiger partial charge in [0.2, 0.25) is 10.0 Å². The molecule has 0 aromatic heterocycles. The number of aliphatic hydroxyl groups excluding tert-OH is 1. The SMILES string of the molecule is Nc1c(F)c(S(=O)(=O)NC2(CO)CC2)cc(Cl)c1Br. The van der Waals surface area contributed by atoms with Crippen molar-refractivity contribution in [3.05, 3.63) is 21.4 Å². The van der Waals surface area contributed by atoms with E-state index >= 15 is 0 Å². The average Bonchev–Trinajstić information content (AvgIpc) is 3.10. The molecular formula is C10H11BrClFN2O3S. The molecule has 4 N–H and O–H groups in total. The standard InChI is InChI=1S/C10H11BrClFN2O3S/c11-7-5(12)3-6(8(13)9(7)14)19(17,18)15-10(4-16)1-2-10/h3,15-16H,1-2,4,14H2. The van der Waals surface area contributed by atoms with Crippen molar-refractivity contribution in [2.24, 2.45) is 0 Å². The summed E-state index contributed by atoms with van der Waals surface area (Å²) in [4.78, 5) is -0.627. The molecule has 1 aliphatic rings. The summed E-state index contributed by atoms with van der Waals surface area (Å²) >= 11 is 8.75. The van der Waals surface area contributed by atoms with E-state index in [1.54, 1.807) is 0 Å². The van der Waals surface area contributed by atoms with Crippen LogP contribution in [-0.2, 0) is 10.0 Å². The topological polar surface area (TPSA) is 92.4 Å². The highest BCUT2D eigenvalue weighted by Crippen LogP contribution is 2.38. The van der Waals surface area contributed by atoms with Crippen molar-refractivity contribution in [1.82, 2.24) is 4.72 Å². The lowest BCUT2D eigenvalue weighted by molar-refractivity contribution is 0.246. The van der Waals surface area contributed by atoms with Crippen LogP contribution in [0.15, 0.2) is 15.4 Å². The quantitative estimate of drug-likeness (QED) is 0.552. The van der Waals surface area contributed by atoms with E-state index in [1.807, 2.05) is 0 Å². The van der Waals surface area contributed by atoms with Gasteiger partial charge in [-0.25, -0.2) is 17.5 Å². The van der Waals surface area contributed by atoms with Crippen molar-refractivity contribution in [3.63, 3.8) is 0 Å². The summed E-state index contributed by atoms with van der Waals surface area (Å²) in [5.41, 5.74) is 4.18. The number of nitrogen functional groups attached to an aromatic ring is 1. The number of benzene rings is 1. The van der Waals surface area contributed by atoms with Crippen LogP contribution in [0, 0.1) is 5.82 Å². The number of aliphatic hydroxyl groups is 1. The highest BCUT2D eigenvalue weighted by atomic mass is 79.9. The monoisotopic (exact) mass is 372 g/mol. The fourth-order valence-corrected chi connectivity index (χ4v) is 3.71. The van der Waals surface area contributed by atoms with E-state index in [0.717, 1.165) is 6.07 Å². The molecule has 1 aromatic carbocycles. The fraction of sp³-hybridized carbons (Fsp3) is 0.400. The van der Waals surface area contributed by atoms with E-state index < -0.39 is 26.3 Å². The molecule has 1 aromatic rings. The molecule has 0 aliphatic heterocycles. The second-order valence-corrected chi connectivity index (χ2v) is 7.29. The van der Waals surface area contributed by atoms with Crippen LogP contribution in [0.25, 0.3) is 0 Å². The Labute approximate surface area is 123 Å². The summed E-state index contributed by atoms with van der Waals surface area (Å²) in [6.45, 7) is -0.340. The van der Waals surface area contributed by atoms with Crippen molar-refractivity contribution in [1.29, 1.82) is 0 Å². The molecule has 0 heterocycles. The largest absolute Gasteiger partial charge is 0.395 e. The molecule has 0 spiro atoms. The number of sulfonamides is 1. The van der Waals surface area contributed by atoms with Crippen LogP contribution in [0.4, 0.5) is 10.1 Å². The minimum Gasteiger partial charge on any atom is -0.395 e. The number of nitrogens with two attached hydrogens (primary N) is 1. The van der Waals surface area contributed by atoms with Gasteiger partial charge >= 0.3 is 0 Å². The van der Waals surface area contributed by atoms with E-state index in [1.165, 1.54) is 0 Å². The van der Waals surface area contributed by atoms with Crippen LogP contribution >= 0.6 is 27.5 Å². The lowest BCUT2D eigenvalue weighted by atomic mass is 10.3. The number of hydrogen-bond donors (Lipinski definition) is 3. The number of halogens is 3. The molecule has 0 saturated heterocycles. The Bertz CT molecular complexity index is 634. The molecule has 0 bridgehead atoms. The summed E-state index contributed by atoms with van der Waals surface area (Å²) < 4.78 is 40.5. The zero-order chi connectivity index (χ0) is 14.4. The Kier molecular flexibility index (Phi) is 3.83. The van der Waals surface area contributed by atoms with E-state index in [-0.39, 0.29) is 21.8 Å². The maximum Gasteiger partial charge on any atom is 0.244 e. The van der Waals surface area contributed by atoms with Crippen LogP contribution < -0.4 is 10.5 Å². The van der Waals surface area contributed by atoms with Gasteiger partial charge in [-0.1, -0.05) is 11.6 Å². The third kappa shape index (κ3) is 2.73. The summed E-state index contributed by atoms with van der Waals surface area (Å²) in [6, 6.07) is 0.979. The first kappa shape index (κ1) is 15.0. The molecule has 0 unspecified atom stereocenters. The van der Waals surface area contributed by atoms with Crippen LogP contribution in [0.3, 0.4) is 0 Å². The zero-order valence-corrected chi connectivity index (χ0v) is 12.7. The third-order valence-electron chi connectivity index (χ3n) is 2.95. The third-order valence-corrected chi connectivity index (χ3v) is 5.91. The van der Waals surface area contributed by atoms with Gasteiger partial charge in [-0.15, -0.1) is 0 Å². The molecule has 5 nitrogen and oxygen atoms in total. The van der Waals surface area contributed by atoms with Gasteiger partial charge in [0.25, 0.3) is 0 Å². The van der Waals surface area contributed by atoms with Crippen molar-refractivity contribution in [3.8, 4) is 0 Å². The number of hydrogen-bond acceptors (Lipinski definition) is 4. The van der Waals surface area contributed by atoms with Gasteiger partial charge in [-0.3, -0.25) is 0 Å². The molecule has 1 fully saturated rings. The highest BCUT2D eigenvalue weighted by Gasteiger charge is 2.46. The highest BCUT2D eigenvalue weighted by molar-refractivity contribution is 9.10. The summed E-state index contributed by atoms with van der Waals surface area (Å²) in [6.07, 6.45) is 1.01. The first-order valence-electron chi connectivity index (χ1n) is 5.30. The molecule has 9 heteroatoms. The summed E-state index contributed by atoms with van der Waals surface area (Å²) in [5, 5.41) is 9.10. The molecule has 1 aliphatic carbocycles. The van der Waals surface area contributed by atoms with Crippen molar-refractivity contribution in [2.75, 3.05) is 12.3 Å². The number of rotatable bonds is 4. The van der Waals surface area contributed by atoms with Gasteiger partial charge in [0.05, 0.1) is 27.3 Å². The Balaban J connectivity index is 2.47. The van der Waals surface area contributed by atoms with E-state index in [4.69, 9.17) is 22.4 Å². The maximum atomic E-state index is 13.9. The smallest absolute Gasteiger partial charge is 0.244 e. The Morgan fingerprint density at radius 1 is 1.58 bits per heavy atom. The number of anilines is 1. The van der Waals surface area contributed by atoms with E-state index in [9.17, 15) is 12.8 Å². The molecular weight excluding hydrogens is 363 g/mol. The lowest BCUT2D eigenvalue weighted by Gasteiger charge is -2.16. The van der Waals surface area contributed by atoms with Gasteiger partial charge in [-0.05, 0) is 34.8 Å². The Hall–Kier alpha value is -0.410. The van der Waals surface area contributed by atoms with E-state index in [0.29, 0.717) is 12.8 Å². The Morgan fingerprint density at radius 3 is 2.63 bits per heavy atom. The predicted molar refractivity (Wildman–Crippen MR) is 72.9 cm³/mol. The van der Waals surface area contributed by atoms with Crippen LogP contribution in [-0.4, -0.2) is 25.7 Å². The van der Waals surface area contributed by atoms with Crippen molar-refractivity contribution >= 4 is 43.2 Å². The lowest BCUT2D eigenvalue weighted by Crippen LogP contribution is -2.39. The van der Waals surface area contributed by atoms with Gasteiger partial charge < -0.3 is 10.8 Å². The second kappa shape index (κ2) is 4.85. The van der Waals surface area contributed by atoms with Gasteiger partial charge in [0.1, 0.15) is 4.90 Å². The van der Waals surface area contributed by atoms with Crippen LogP contribution in [0.5, 0.6) is 0 Å². The fourth-order valence-electron chi connectivity index (χ4n) is 1.58. The maximum absolute atomic E-state index is 13.9. The molecule has 0 radical (unpaired) electrons. The van der Waals surface area contributed by atoms with E-state index in [2.05, 4.69) is 20.7 Å². The molecule has 0 atom stereocenters. The summed E-state index contributed by atoms with van der Waals surface area (Å²) in [7, 11) is -4.13. The van der Waals surface area contributed by atoms with Crippen molar-refractivity contribution in [2.45, 2.75) is 23.3 Å². The average molecular weight is 374 g/mol. The minimum atomic E-state index is -4.13. The molecule has 2 rings (SSSR count). The number of nitrogens with one attached hydrogen (secondary N) is 1. The first-order valence-corrected chi connectivity index (χ1v) is 7.96. The van der Waals surface area contributed by atoms with Crippen LogP contribution in [0.2, 0.25) is 5.02 Å². The second-order valence-electron chi connectivity index (χ2n) is 4.44. The molecule has 1 saturated carbocycles. The summed E-state index contributed by atoms with van der Waals surface area (Å²) in [5.74, 6) is -1.07. The first-order chi connectivity index (χ1) is 8.72. The zero-order valence-electron chi connectivity index (χ0n) is 9.58. The predicted octanol–water partition coefficient (Wildman–Crippen LogP) is 1.63. The normalized spacial score (nSPS) is 17.5. The minimum absolute atomic E-state index is 0.00637. The molecule has 0 amide bonds. The Morgan fingerprint density at radius 2 is 2.16 bits per heavy atom. The molecule has 19 heavy (non-hydrogen) atoms. The molecule has 106 valence electrons. The van der Waals surface area contributed by atoms with Crippen LogP contribution in [0.1, 0.15) is 12.8 Å². The van der Waals surface area contributed by atoms with Gasteiger partial charge in [0, 0.05) is 0 Å². The van der Waals surface area contributed by atoms with Gasteiger partial charge in [0.15, 0.2) is 5.82 Å². The van der Waals surface area contributed by atoms with Crippen molar-refractivity contribution < 1.29 is 17.9 Å².